The van der Waals surface area contributed by atoms with Gasteiger partial charge in [-0.3, -0.25) is 4.72 Å². The van der Waals surface area contributed by atoms with Gasteiger partial charge in [0.15, 0.2) is 5.82 Å². The summed E-state index contributed by atoms with van der Waals surface area (Å²) in [5.41, 5.74) is 0.982. The van der Waals surface area contributed by atoms with Gasteiger partial charge in [0.2, 0.25) is 16.0 Å². The molecule has 1 saturated heterocycles. The maximum absolute atomic E-state index is 12.6. The fourth-order valence-corrected chi connectivity index (χ4v) is 4.00. The molecule has 8 nitrogen and oxygen atoms in total. The van der Waals surface area contributed by atoms with Crippen LogP contribution in [0.25, 0.3) is 0 Å². The maximum atomic E-state index is 12.6. The maximum Gasteiger partial charge on any atom is 0.237 e. The van der Waals surface area contributed by atoms with Gasteiger partial charge in [0, 0.05) is 32.2 Å². The van der Waals surface area contributed by atoms with Gasteiger partial charge >= 0.3 is 0 Å². The molecule has 10 heteroatoms. The van der Waals surface area contributed by atoms with Crippen molar-refractivity contribution in [2.45, 2.75) is 5.75 Å². The summed E-state index contributed by atoms with van der Waals surface area (Å²) in [5, 5.41) is 0.561. The monoisotopic (exact) mass is 411 g/mol. The van der Waals surface area contributed by atoms with E-state index in [1.54, 1.807) is 29.2 Å². The van der Waals surface area contributed by atoms with E-state index >= 15 is 0 Å². The SMILES string of the molecule is CN(C)c1nc(N2CCOCC2)ncc1NS(=O)(=O)Cc1ccc(Cl)cc1. The zero-order chi connectivity index (χ0) is 19.4. The van der Waals surface area contributed by atoms with Crippen molar-refractivity contribution in [3.05, 3.63) is 41.0 Å². The highest BCUT2D eigenvalue weighted by Gasteiger charge is 2.20. The molecule has 0 radical (unpaired) electrons. The third kappa shape index (κ3) is 5.21. The minimum absolute atomic E-state index is 0.164. The zero-order valence-electron chi connectivity index (χ0n) is 15.2. The molecule has 0 saturated carbocycles. The number of benzene rings is 1. The van der Waals surface area contributed by atoms with Gasteiger partial charge in [0.25, 0.3) is 0 Å². The van der Waals surface area contributed by atoms with Crippen LogP contribution in [0, 0.1) is 0 Å². The Balaban J connectivity index is 1.81. The standard InChI is InChI=1S/C17H22ClN5O3S/c1-22(2)16-15(11-19-17(20-16)23-7-9-26-10-8-23)21-27(24,25)12-13-3-5-14(18)6-4-13/h3-6,11,21H,7-10,12H2,1-2H3. The molecule has 1 aliphatic rings. The highest BCUT2D eigenvalue weighted by atomic mass is 35.5. The van der Waals surface area contributed by atoms with Crippen molar-refractivity contribution < 1.29 is 13.2 Å². The van der Waals surface area contributed by atoms with Crippen LogP contribution in [0.2, 0.25) is 5.02 Å². The van der Waals surface area contributed by atoms with Gasteiger partial charge in [-0.1, -0.05) is 23.7 Å². The lowest BCUT2D eigenvalue weighted by atomic mass is 10.2. The van der Waals surface area contributed by atoms with Gasteiger partial charge in [0.05, 0.1) is 25.2 Å². The van der Waals surface area contributed by atoms with Gasteiger partial charge in [-0.25, -0.2) is 13.4 Å². The highest BCUT2D eigenvalue weighted by Crippen LogP contribution is 2.26. The van der Waals surface area contributed by atoms with Crippen LogP contribution in [0.3, 0.4) is 0 Å². The molecule has 0 atom stereocenters. The second-order valence-electron chi connectivity index (χ2n) is 6.39. The van der Waals surface area contributed by atoms with Crippen LogP contribution >= 0.6 is 11.6 Å². The number of nitrogens with one attached hydrogen (secondary N) is 1. The highest BCUT2D eigenvalue weighted by molar-refractivity contribution is 7.91. The Labute approximate surface area is 164 Å². The largest absolute Gasteiger partial charge is 0.378 e. The lowest BCUT2D eigenvalue weighted by Gasteiger charge is -2.28. The summed E-state index contributed by atoms with van der Waals surface area (Å²) in [6, 6.07) is 6.70. The Hall–Kier alpha value is -2.10. The van der Waals surface area contributed by atoms with E-state index in [9.17, 15) is 8.42 Å². The molecule has 1 fully saturated rings. The number of morpholine rings is 1. The topological polar surface area (TPSA) is 87.7 Å². The molecule has 0 amide bonds. The first-order chi connectivity index (χ1) is 12.8. The zero-order valence-corrected chi connectivity index (χ0v) is 16.8. The van der Waals surface area contributed by atoms with Crippen molar-refractivity contribution >= 4 is 39.1 Å². The Morgan fingerprint density at radius 2 is 1.89 bits per heavy atom. The molecule has 0 aliphatic carbocycles. The molecule has 1 aromatic carbocycles. The molecular formula is C17H22ClN5O3S. The molecule has 0 spiro atoms. The molecule has 2 aromatic rings. The third-order valence-corrected chi connectivity index (χ3v) is 5.51. The van der Waals surface area contributed by atoms with Gasteiger partial charge in [0.1, 0.15) is 5.69 Å². The van der Waals surface area contributed by atoms with Crippen molar-refractivity contribution in [2.24, 2.45) is 0 Å². The number of hydrogen-bond acceptors (Lipinski definition) is 7. The Morgan fingerprint density at radius 1 is 1.22 bits per heavy atom. The molecule has 1 N–H and O–H groups in total. The van der Waals surface area contributed by atoms with Crippen molar-refractivity contribution in [1.82, 2.24) is 9.97 Å². The number of aromatic nitrogens is 2. The Morgan fingerprint density at radius 3 is 2.52 bits per heavy atom. The first-order valence-corrected chi connectivity index (χ1v) is 10.5. The molecule has 3 rings (SSSR count). The van der Waals surface area contributed by atoms with Gasteiger partial charge < -0.3 is 14.5 Å². The minimum Gasteiger partial charge on any atom is -0.378 e. The lowest BCUT2D eigenvalue weighted by molar-refractivity contribution is 0.122. The van der Waals surface area contributed by atoms with E-state index in [1.807, 2.05) is 19.0 Å². The van der Waals surface area contributed by atoms with E-state index in [2.05, 4.69) is 14.7 Å². The van der Waals surface area contributed by atoms with E-state index in [1.165, 1.54) is 6.20 Å². The number of ether oxygens (including phenoxy) is 1. The van der Waals surface area contributed by atoms with E-state index in [4.69, 9.17) is 16.3 Å². The molecule has 1 aliphatic heterocycles. The van der Waals surface area contributed by atoms with Crippen molar-refractivity contribution in [3.63, 3.8) is 0 Å². The summed E-state index contributed by atoms with van der Waals surface area (Å²) in [5.74, 6) is 0.899. The van der Waals surface area contributed by atoms with E-state index in [0.717, 1.165) is 0 Å². The normalized spacial score (nSPS) is 14.9. The summed E-state index contributed by atoms with van der Waals surface area (Å²) in [4.78, 5) is 12.6. The second kappa shape index (κ2) is 8.28. The summed E-state index contributed by atoms with van der Waals surface area (Å²) in [6.45, 7) is 2.65. The predicted molar refractivity (Wildman–Crippen MR) is 107 cm³/mol. The minimum atomic E-state index is -3.63. The second-order valence-corrected chi connectivity index (χ2v) is 8.55. The van der Waals surface area contributed by atoms with Gasteiger partial charge in [-0.05, 0) is 17.7 Å². The number of halogens is 1. The molecule has 2 heterocycles. The Kier molecular flexibility index (Phi) is 6.03. The van der Waals surface area contributed by atoms with Gasteiger partial charge in [-0.15, -0.1) is 0 Å². The van der Waals surface area contributed by atoms with Crippen molar-refractivity contribution in [1.29, 1.82) is 0 Å². The number of anilines is 3. The van der Waals surface area contributed by atoms with Crippen LogP contribution in [0.15, 0.2) is 30.5 Å². The first kappa shape index (κ1) is 19.7. The van der Waals surface area contributed by atoms with Gasteiger partial charge in [-0.2, -0.15) is 4.98 Å². The fraction of sp³-hybridized carbons (Fsp3) is 0.412. The van der Waals surface area contributed by atoms with Crippen LogP contribution in [-0.4, -0.2) is 58.8 Å². The Bertz CT molecular complexity index is 884. The summed E-state index contributed by atoms with van der Waals surface area (Å²) in [7, 11) is -0.0117. The molecule has 1 aromatic heterocycles. The summed E-state index contributed by atoms with van der Waals surface area (Å²) in [6.07, 6.45) is 1.51. The van der Waals surface area contributed by atoms with E-state index in [-0.39, 0.29) is 5.75 Å². The van der Waals surface area contributed by atoms with Crippen molar-refractivity contribution in [3.8, 4) is 0 Å². The number of hydrogen-bond donors (Lipinski definition) is 1. The average Bonchev–Trinajstić information content (AvgIpc) is 2.64. The molecule has 146 valence electrons. The van der Waals surface area contributed by atoms with Crippen LogP contribution in [-0.2, 0) is 20.5 Å². The quantitative estimate of drug-likeness (QED) is 0.777. The first-order valence-electron chi connectivity index (χ1n) is 8.46. The van der Waals surface area contributed by atoms with Crippen LogP contribution in [0.5, 0.6) is 0 Å². The van der Waals surface area contributed by atoms with E-state index < -0.39 is 10.0 Å². The smallest absolute Gasteiger partial charge is 0.237 e. The molecule has 0 bridgehead atoms. The summed E-state index contributed by atoms with van der Waals surface area (Å²) < 4.78 is 33.1. The van der Waals surface area contributed by atoms with Crippen LogP contribution in [0.4, 0.5) is 17.5 Å². The molecule has 27 heavy (non-hydrogen) atoms. The third-order valence-electron chi connectivity index (χ3n) is 4.01. The fourth-order valence-electron chi connectivity index (χ4n) is 2.70. The number of sulfonamides is 1. The molecular weight excluding hydrogens is 390 g/mol. The summed E-state index contributed by atoms with van der Waals surface area (Å²) >= 11 is 5.85. The predicted octanol–water partition coefficient (Wildman–Crippen LogP) is 1.97. The molecule has 0 unspecified atom stereocenters. The lowest BCUT2D eigenvalue weighted by Crippen LogP contribution is -2.37. The van der Waals surface area contributed by atoms with Crippen molar-refractivity contribution in [2.75, 3.05) is 54.9 Å². The van der Waals surface area contributed by atoms with Crippen LogP contribution < -0.4 is 14.5 Å². The van der Waals surface area contributed by atoms with Crippen LogP contribution in [0.1, 0.15) is 5.56 Å². The average molecular weight is 412 g/mol. The number of rotatable bonds is 6. The number of nitrogens with zero attached hydrogens (tertiary/aromatic N) is 4. The van der Waals surface area contributed by atoms with E-state index in [0.29, 0.717) is 54.3 Å².